The highest BCUT2D eigenvalue weighted by atomic mass is 16.3. The second-order valence-electron chi connectivity index (χ2n) is 8.90. The molecule has 2 atom stereocenters. The highest BCUT2D eigenvalue weighted by Gasteiger charge is 2.66. The summed E-state index contributed by atoms with van der Waals surface area (Å²) in [4.78, 5) is 16.8. The molecule has 2 heterocycles. The molecule has 1 amide bonds. The van der Waals surface area contributed by atoms with E-state index in [0.717, 1.165) is 25.6 Å². The van der Waals surface area contributed by atoms with E-state index >= 15 is 0 Å². The lowest BCUT2D eigenvalue weighted by Gasteiger charge is -2.71. The third kappa shape index (κ3) is 3.21. The number of benzene rings is 1. The van der Waals surface area contributed by atoms with E-state index in [0.29, 0.717) is 12.3 Å². The van der Waals surface area contributed by atoms with Gasteiger partial charge in [0.15, 0.2) is 0 Å². The zero-order valence-electron chi connectivity index (χ0n) is 17.3. The first-order chi connectivity index (χ1) is 13.6. The highest BCUT2D eigenvalue weighted by Crippen LogP contribution is 2.54. The Kier molecular flexibility index (Phi) is 5.62. The molecular formula is C24H34N2O2. The van der Waals surface area contributed by atoms with Crippen molar-refractivity contribution in [2.45, 2.75) is 63.5 Å². The minimum absolute atomic E-state index is 0.0168. The molecule has 4 rings (SSSR count). The van der Waals surface area contributed by atoms with Gasteiger partial charge in [-0.1, -0.05) is 56.2 Å². The van der Waals surface area contributed by atoms with Crippen LogP contribution in [0.15, 0.2) is 30.3 Å². The van der Waals surface area contributed by atoms with Crippen molar-refractivity contribution in [1.82, 2.24) is 9.80 Å². The molecule has 4 nitrogen and oxygen atoms in total. The molecule has 28 heavy (non-hydrogen) atoms. The lowest BCUT2D eigenvalue weighted by Crippen LogP contribution is -2.85. The summed E-state index contributed by atoms with van der Waals surface area (Å²) in [5.74, 6) is 1.31. The Morgan fingerprint density at radius 2 is 1.89 bits per heavy atom. The molecule has 3 aliphatic rings. The maximum Gasteiger partial charge on any atom is 0.222 e. The molecule has 0 radical (unpaired) electrons. The average Bonchev–Trinajstić information content (AvgIpc) is 3.18. The summed E-state index contributed by atoms with van der Waals surface area (Å²) in [7, 11) is 0. The molecule has 1 N–H and O–H groups in total. The van der Waals surface area contributed by atoms with Crippen molar-refractivity contribution in [3.63, 3.8) is 0 Å². The smallest absolute Gasteiger partial charge is 0.222 e. The van der Waals surface area contributed by atoms with E-state index in [1.165, 1.54) is 36.8 Å². The van der Waals surface area contributed by atoms with Gasteiger partial charge in [-0.2, -0.15) is 0 Å². The van der Waals surface area contributed by atoms with E-state index in [1.54, 1.807) is 0 Å². The number of hydrogen-bond donors (Lipinski definition) is 1. The van der Waals surface area contributed by atoms with Crippen LogP contribution in [-0.2, 0) is 4.79 Å². The van der Waals surface area contributed by atoms with Crippen LogP contribution in [0.5, 0.6) is 0 Å². The first-order valence-electron chi connectivity index (χ1n) is 11.0. The van der Waals surface area contributed by atoms with Crippen molar-refractivity contribution in [1.29, 1.82) is 0 Å². The van der Waals surface area contributed by atoms with Crippen molar-refractivity contribution in [2.75, 3.05) is 26.2 Å². The third-order valence-electron chi connectivity index (χ3n) is 7.29. The molecule has 152 valence electrons. The number of amides is 1. The summed E-state index contributed by atoms with van der Waals surface area (Å²) in [6.07, 6.45) is 10.0. The van der Waals surface area contributed by atoms with Crippen LogP contribution in [0.2, 0.25) is 0 Å². The Morgan fingerprint density at radius 3 is 2.46 bits per heavy atom. The topological polar surface area (TPSA) is 43.8 Å². The van der Waals surface area contributed by atoms with Crippen molar-refractivity contribution in [3.05, 3.63) is 41.5 Å². The number of rotatable bonds is 6. The maximum atomic E-state index is 12.2. The van der Waals surface area contributed by atoms with Crippen LogP contribution in [0.3, 0.4) is 0 Å². The van der Waals surface area contributed by atoms with Gasteiger partial charge in [0.1, 0.15) is 0 Å². The van der Waals surface area contributed by atoms with Crippen molar-refractivity contribution in [3.8, 4) is 0 Å². The molecule has 1 spiro atoms. The van der Waals surface area contributed by atoms with Gasteiger partial charge >= 0.3 is 0 Å². The predicted octanol–water partition coefficient (Wildman–Crippen LogP) is 3.66. The molecule has 3 fully saturated rings. The van der Waals surface area contributed by atoms with E-state index < -0.39 is 0 Å². The summed E-state index contributed by atoms with van der Waals surface area (Å²) < 4.78 is 0. The van der Waals surface area contributed by atoms with Gasteiger partial charge in [0.25, 0.3) is 0 Å². The standard InChI is InChI=1S/C24H34N2O2/c1-3-7-18-10-12-20(13-11-18)23-21(15-27)26(14-19-8-5-6-9-19)24(23)16-25(17-24)22(28)4-2/h3,7,10-13,19,21,23,27H,4-6,8-9,14-17H2,1-2H3/t21-,23+/m0/s1. The highest BCUT2D eigenvalue weighted by molar-refractivity contribution is 5.77. The minimum atomic E-state index is 0.0168. The molecule has 0 bridgehead atoms. The number of aliphatic hydroxyl groups excluding tert-OH is 1. The zero-order valence-corrected chi connectivity index (χ0v) is 17.3. The molecule has 0 aromatic heterocycles. The van der Waals surface area contributed by atoms with Crippen molar-refractivity contribution in [2.24, 2.45) is 5.92 Å². The molecule has 2 saturated heterocycles. The van der Waals surface area contributed by atoms with E-state index in [9.17, 15) is 9.90 Å². The fraction of sp³-hybridized carbons (Fsp3) is 0.625. The molecule has 0 unspecified atom stereocenters. The van der Waals surface area contributed by atoms with E-state index in [4.69, 9.17) is 0 Å². The molecule has 1 aromatic carbocycles. The van der Waals surface area contributed by atoms with Gasteiger partial charge in [0.05, 0.1) is 12.1 Å². The Morgan fingerprint density at radius 1 is 1.21 bits per heavy atom. The van der Waals surface area contributed by atoms with Crippen LogP contribution < -0.4 is 0 Å². The van der Waals surface area contributed by atoms with Crippen LogP contribution in [0.25, 0.3) is 6.08 Å². The second-order valence-corrected chi connectivity index (χ2v) is 8.90. The number of nitrogens with zero attached hydrogens (tertiary/aromatic N) is 2. The predicted molar refractivity (Wildman–Crippen MR) is 113 cm³/mol. The Balaban J connectivity index is 1.58. The van der Waals surface area contributed by atoms with Gasteiger partial charge < -0.3 is 10.0 Å². The van der Waals surface area contributed by atoms with Crippen LogP contribution in [0, 0.1) is 5.92 Å². The van der Waals surface area contributed by atoms with Crippen LogP contribution in [-0.4, -0.2) is 58.6 Å². The molecular weight excluding hydrogens is 348 g/mol. The quantitative estimate of drug-likeness (QED) is 0.817. The number of aliphatic hydroxyl groups is 1. The molecule has 1 aromatic rings. The van der Waals surface area contributed by atoms with Gasteiger partial charge in [0.2, 0.25) is 5.91 Å². The Labute approximate surface area is 169 Å². The largest absolute Gasteiger partial charge is 0.395 e. The number of hydrogen-bond acceptors (Lipinski definition) is 3. The second kappa shape index (κ2) is 8.00. The monoisotopic (exact) mass is 382 g/mol. The fourth-order valence-electron chi connectivity index (χ4n) is 5.89. The van der Waals surface area contributed by atoms with Crippen LogP contribution >= 0.6 is 0 Å². The SMILES string of the molecule is CC=Cc1ccc([C@@H]2[C@H](CO)N(CC3CCCC3)C23CN(C(=O)CC)C3)cc1. The van der Waals surface area contributed by atoms with Crippen LogP contribution in [0.4, 0.5) is 0 Å². The lowest BCUT2D eigenvalue weighted by atomic mass is 9.60. The van der Waals surface area contributed by atoms with Crippen molar-refractivity contribution >= 4 is 12.0 Å². The van der Waals surface area contributed by atoms with Gasteiger partial charge in [-0.15, -0.1) is 0 Å². The van der Waals surface area contributed by atoms with E-state index in [1.807, 2.05) is 18.7 Å². The summed E-state index contributed by atoms with van der Waals surface area (Å²) >= 11 is 0. The summed E-state index contributed by atoms with van der Waals surface area (Å²) in [5, 5.41) is 10.2. The Bertz CT molecular complexity index is 715. The minimum Gasteiger partial charge on any atom is -0.395 e. The molecule has 2 aliphatic heterocycles. The molecule has 4 heteroatoms. The summed E-state index contributed by atoms with van der Waals surface area (Å²) in [6, 6.07) is 8.96. The van der Waals surface area contributed by atoms with Crippen molar-refractivity contribution < 1.29 is 9.90 Å². The normalized spacial score (nSPS) is 27.3. The van der Waals surface area contributed by atoms with Gasteiger partial charge in [-0.05, 0) is 36.8 Å². The van der Waals surface area contributed by atoms with Gasteiger partial charge in [0, 0.05) is 38.0 Å². The number of allylic oxidation sites excluding steroid dienone is 1. The average molecular weight is 383 g/mol. The third-order valence-corrected chi connectivity index (χ3v) is 7.29. The summed E-state index contributed by atoms with van der Waals surface area (Å²) in [5.41, 5.74) is 2.53. The number of likely N-dealkylation sites (tertiary alicyclic amines) is 2. The Hall–Kier alpha value is -1.65. The molecule has 1 aliphatic carbocycles. The number of carbonyl (C=O) groups excluding carboxylic acids is 1. The first-order valence-corrected chi connectivity index (χ1v) is 11.0. The lowest BCUT2D eigenvalue weighted by molar-refractivity contribution is -0.199. The van der Waals surface area contributed by atoms with Gasteiger partial charge in [-0.25, -0.2) is 0 Å². The van der Waals surface area contributed by atoms with Gasteiger partial charge in [-0.3, -0.25) is 9.69 Å². The van der Waals surface area contributed by atoms with E-state index in [2.05, 4.69) is 41.3 Å². The maximum absolute atomic E-state index is 12.2. The summed E-state index contributed by atoms with van der Waals surface area (Å²) in [6.45, 7) is 6.86. The van der Waals surface area contributed by atoms with Crippen LogP contribution in [0.1, 0.15) is 63.0 Å². The fourth-order valence-corrected chi connectivity index (χ4v) is 5.89. The van der Waals surface area contributed by atoms with E-state index in [-0.39, 0.29) is 24.1 Å². The first kappa shape index (κ1) is 19.7. The zero-order chi connectivity index (χ0) is 19.7. The number of carbonyl (C=O) groups is 1. The molecule has 1 saturated carbocycles.